The number of carbonyl (C=O) groups is 2. The topological polar surface area (TPSA) is 69.6 Å². The summed E-state index contributed by atoms with van der Waals surface area (Å²) in [5, 5.41) is 11.6. The molecule has 1 atom stereocenters. The van der Waals surface area contributed by atoms with E-state index in [1.165, 1.54) is 0 Å². The third kappa shape index (κ3) is 3.87. The van der Waals surface area contributed by atoms with E-state index < -0.39 is 5.97 Å². The summed E-state index contributed by atoms with van der Waals surface area (Å²) >= 11 is 0. The normalized spacial score (nSPS) is 20.2. The highest BCUT2D eigenvalue weighted by molar-refractivity contribution is 5.81. The van der Waals surface area contributed by atoms with Crippen molar-refractivity contribution in [3.8, 4) is 0 Å². The molecule has 86 valence electrons. The van der Waals surface area contributed by atoms with Gasteiger partial charge in [0.05, 0.1) is 6.04 Å². The van der Waals surface area contributed by atoms with Crippen LogP contribution in [-0.4, -0.2) is 48.1 Å². The standard InChI is InChI=1S/C10H18N2O3/c1-12(7-3-5-9(13)14)10(15)8-4-2-6-11-8/h8,11H,2-7H2,1H3,(H,13,14)/t8-/m0/s1. The second kappa shape index (κ2) is 5.70. The van der Waals surface area contributed by atoms with E-state index in [1.807, 2.05) is 0 Å². The summed E-state index contributed by atoms with van der Waals surface area (Å²) in [7, 11) is 1.73. The van der Waals surface area contributed by atoms with Crippen LogP contribution in [0.15, 0.2) is 0 Å². The second-order valence-corrected chi connectivity index (χ2v) is 3.91. The van der Waals surface area contributed by atoms with Crippen molar-refractivity contribution in [2.45, 2.75) is 31.7 Å². The highest BCUT2D eigenvalue weighted by Gasteiger charge is 2.24. The van der Waals surface area contributed by atoms with Crippen LogP contribution < -0.4 is 5.32 Å². The number of rotatable bonds is 5. The number of nitrogens with one attached hydrogen (secondary N) is 1. The van der Waals surface area contributed by atoms with Gasteiger partial charge >= 0.3 is 5.97 Å². The number of carboxylic acid groups (broad SMARTS) is 1. The van der Waals surface area contributed by atoms with E-state index >= 15 is 0 Å². The Balaban J connectivity index is 2.23. The molecule has 0 aromatic rings. The zero-order valence-electron chi connectivity index (χ0n) is 9.03. The molecule has 1 aliphatic rings. The SMILES string of the molecule is CN(CCCC(=O)O)C(=O)[C@@H]1CCCN1. The Morgan fingerprint density at radius 1 is 1.53 bits per heavy atom. The Bertz CT molecular complexity index is 237. The van der Waals surface area contributed by atoms with Gasteiger partial charge in [-0.05, 0) is 25.8 Å². The van der Waals surface area contributed by atoms with E-state index in [0.29, 0.717) is 13.0 Å². The minimum absolute atomic E-state index is 0.0557. The van der Waals surface area contributed by atoms with Gasteiger partial charge in [0.15, 0.2) is 0 Å². The molecule has 1 heterocycles. The first-order valence-corrected chi connectivity index (χ1v) is 5.31. The second-order valence-electron chi connectivity index (χ2n) is 3.91. The molecule has 1 fully saturated rings. The van der Waals surface area contributed by atoms with Crippen molar-refractivity contribution in [3.05, 3.63) is 0 Å². The molecule has 1 aliphatic heterocycles. The third-order valence-corrected chi connectivity index (χ3v) is 2.62. The van der Waals surface area contributed by atoms with Gasteiger partial charge in [-0.15, -0.1) is 0 Å². The number of aliphatic carboxylic acids is 1. The van der Waals surface area contributed by atoms with Gasteiger partial charge in [-0.1, -0.05) is 0 Å². The van der Waals surface area contributed by atoms with E-state index in [0.717, 1.165) is 19.4 Å². The number of hydrogen-bond acceptors (Lipinski definition) is 3. The molecular formula is C10H18N2O3. The predicted molar refractivity (Wildman–Crippen MR) is 55.5 cm³/mol. The fraction of sp³-hybridized carbons (Fsp3) is 0.800. The maximum Gasteiger partial charge on any atom is 0.303 e. The van der Waals surface area contributed by atoms with Gasteiger partial charge in [-0.25, -0.2) is 0 Å². The monoisotopic (exact) mass is 214 g/mol. The number of carbonyl (C=O) groups excluding carboxylic acids is 1. The first-order chi connectivity index (χ1) is 7.11. The molecule has 0 aromatic carbocycles. The van der Waals surface area contributed by atoms with E-state index in [4.69, 9.17) is 5.11 Å². The highest BCUT2D eigenvalue weighted by Crippen LogP contribution is 2.08. The minimum atomic E-state index is -0.810. The molecule has 1 amide bonds. The third-order valence-electron chi connectivity index (χ3n) is 2.62. The molecule has 5 heteroatoms. The molecule has 0 radical (unpaired) electrons. The van der Waals surface area contributed by atoms with Gasteiger partial charge < -0.3 is 15.3 Å². The summed E-state index contributed by atoms with van der Waals surface area (Å²) in [5.41, 5.74) is 0. The van der Waals surface area contributed by atoms with Crippen molar-refractivity contribution < 1.29 is 14.7 Å². The van der Waals surface area contributed by atoms with E-state index in [1.54, 1.807) is 11.9 Å². The summed E-state index contributed by atoms with van der Waals surface area (Å²) in [6.45, 7) is 1.42. The molecule has 5 nitrogen and oxygen atoms in total. The zero-order chi connectivity index (χ0) is 11.3. The van der Waals surface area contributed by atoms with Crippen molar-refractivity contribution in [1.29, 1.82) is 0 Å². The van der Waals surface area contributed by atoms with Crippen molar-refractivity contribution in [1.82, 2.24) is 10.2 Å². The number of carboxylic acids is 1. The van der Waals surface area contributed by atoms with Gasteiger partial charge in [0.1, 0.15) is 0 Å². The predicted octanol–water partition coefficient (Wildman–Crippen LogP) is 0.0616. The van der Waals surface area contributed by atoms with Gasteiger partial charge in [-0.2, -0.15) is 0 Å². The molecule has 0 spiro atoms. The zero-order valence-corrected chi connectivity index (χ0v) is 9.03. The number of hydrogen-bond donors (Lipinski definition) is 2. The van der Waals surface area contributed by atoms with Crippen molar-refractivity contribution >= 4 is 11.9 Å². The largest absolute Gasteiger partial charge is 0.481 e. The van der Waals surface area contributed by atoms with Crippen LogP contribution in [-0.2, 0) is 9.59 Å². The summed E-state index contributed by atoms with van der Waals surface area (Å²) in [4.78, 5) is 23.6. The highest BCUT2D eigenvalue weighted by atomic mass is 16.4. The van der Waals surface area contributed by atoms with E-state index in [2.05, 4.69) is 5.32 Å². The molecule has 0 aliphatic carbocycles. The Morgan fingerprint density at radius 3 is 2.80 bits per heavy atom. The molecule has 0 saturated carbocycles. The smallest absolute Gasteiger partial charge is 0.303 e. The maximum absolute atomic E-state index is 11.7. The Kier molecular flexibility index (Phi) is 4.55. The number of amides is 1. The first-order valence-electron chi connectivity index (χ1n) is 5.31. The minimum Gasteiger partial charge on any atom is -0.481 e. The van der Waals surface area contributed by atoms with Crippen LogP contribution in [0.4, 0.5) is 0 Å². The summed E-state index contributed by atoms with van der Waals surface area (Å²) in [6, 6.07) is -0.0557. The van der Waals surface area contributed by atoms with Crippen LogP contribution in [0.1, 0.15) is 25.7 Å². The molecule has 0 aromatic heterocycles. The lowest BCUT2D eigenvalue weighted by Gasteiger charge is -2.20. The molecule has 0 bridgehead atoms. The van der Waals surface area contributed by atoms with Gasteiger partial charge in [0, 0.05) is 20.0 Å². The lowest BCUT2D eigenvalue weighted by atomic mass is 10.2. The number of nitrogens with zero attached hydrogens (tertiary/aromatic N) is 1. The molecule has 1 rings (SSSR count). The van der Waals surface area contributed by atoms with Gasteiger partial charge in [0.2, 0.25) is 5.91 Å². The fourth-order valence-corrected chi connectivity index (χ4v) is 1.74. The molecule has 0 unspecified atom stereocenters. The maximum atomic E-state index is 11.7. The summed E-state index contributed by atoms with van der Waals surface area (Å²) < 4.78 is 0. The van der Waals surface area contributed by atoms with Crippen LogP contribution in [0.2, 0.25) is 0 Å². The van der Waals surface area contributed by atoms with E-state index in [9.17, 15) is 9.59 Å². The van der Waals surface area contributed by atoms with Crippen LogP contribution >= 0.6 is 0 Å². The van der Waals surface area contributed by atoms with Gasteiger partial charge in [-0.3, -0.25) is 9.59 Å². The molecule has 1 saturated heterocycles. The lowest BCUT2D eigenvalue weighted by molar-refractivity contribution is -0.138. The van der Waals surface area contributed by atoms with Crippen LogP contribution in [0.3, 0.4) is 0 Å². The fourth-order valence-electron chi connectivity index (χ4n) is 1.74. The van der Waals surface area contributed by atoms with Crippen molar-refractivity contribution in [2.24, 2.45) is 0 Å². The number of likely N-dealkylation sites (N-methyl/N-ethyl adjacent to an activating group) is 1. The Morgan fingerprint density at radius 2 is 2.27 bits per heavy atom. The van der Waals surface area contributed by atoms with Crippen LogP contribution in [0.25, 0.3) is 0 Å². The van der Waals surface area contributed by atoms with Crippen molar-refractivity contribution in [2.75, 3.05) is 20.1 Å². The van der Waals surface area contributed by atoms with Crippen molar-refractivity contribution in [3.63, 3.8) is 0 Å². The molecule has 15 heavy (non-hydrogen) atoms. The lowest BCUT2D eigenvalue weighted by Crippen LogP contribution is -2.42. The summed E-state index contributed by atoms with van der Waals surface area (Å²) in [5.74, 6) is -0.729. The van der Waals surface area contributed by atoms with Crippen LogP contribution in [0, 0.1) is 0 Å². The Labute approximate surface area is 89.4 Å². The molecular weight excluding hydrogens is 196 g/mol. The average Bonchev–Trinajstić information content (AvgIpc) is 2.68. The van der Waals surface area contributed by atoms with E-state index in [-0.39, 0.29) is 18.4 Å². The van der Waals surface area contributed by atoms with Gasteiger partial charge in [0.25, 0.3) is 0 Å². The quantitative estimate of drug-likeness (QED) is 0.679. The van der Waals surface area contributed by atoms with Crippen LogP contribution in [0.5, 0.6) is 0 Å². The Hall–Kier alpha value is -1.10. The average molecular weight is 214 g/mol. The molecule has 2 N–H and O–H groups in total. The summed E-state index contributed by atoms with van der Waals surface area (Å²) in [6.07, 6.45) is 2.57. The first kappa shape index (κ1) is 12.0.